The van der Waals surface area contributed by atoms with Crippen molar-refractivity contribution in [2.45, 2.75) is 58.0 Å². The molecule has 2 heteroatoms. The van der Waals surface area contributed by atoms with Crippen molar-refractivity contribution in [3.8, 4) is 0 Å². The van der Waals surface area contributed by atoms with E-state index in [0.29, 0.717) is 0 Å². The lowest BCUT2D eigenvalue weighted by atomic mass is 9.87. The van der Waals surface area contributed by atoms with Crippen molar-refractivity contribution >= 4 is 5.71 Å². The Morgan fingerprint density at radius 2 is 2.21 bits per heavy atom. The van der Waals surface area contributed by atoms with Gasteiger partial charge in [0.25, 0.3) is 0 Å². The molecule has 1 atom stereocenters. The van der Waals surface area contributed by atoms with Crippen molar-refractivity contribution in [1.29, 1.82) is 0 Å². The van der Waals surface area contributed by atoms with Gasteiger partial charge in [-0.2, -0.15) is 0 Å². The van der Waals surface area contributed by atoms with Gasteiger partial charge in [0.15, 0.2) is 0 Å². The van der Waals surface area contributed by atoms with Gasteiger partial charge in [-0.05, 0) is 44.1 Å². The molecule has 1 heterocycles. The van der Waals surface area contributed by atoms with Gasteiger partial charge in [0.05, 0.1) is 6.10 Å². The third-order valence-corrected chi connectivity index (χ3v) is 3.18. The smallest absolute Gasteiger partial charge is 0.0770 e. The standard InChI is InChI=1S/C12H19NO/c1-2-4-9-7-8-10-11(13-9)5-3-6-12(10)14/h12,14H,2-8H2,1H3. The quantitative estimate of drug-likeness (QED) is 0.718. The van der Waals surface area contributed by atoms with Crippen LogP contribution in [0.4, 0.5) is 0 Å². The lowest BCUT2D eigenvalue weighted by molar-refractivity contribution is 0.183. The highest BCUT2D eigenvalue weighted by atomic mass is 16.3. The van der Waals surface area contributed by atoms with Crippen LogP contribution in [0.25, 0.3) is 0 Å². The molecule has 1 N–H and O–H groups in total. The molecular weight excluding hydrogens is 174 g/mol. The summed E-state index contributed by atoms with van der Waals surface area (Å²) >= 11 is 0. The second kappa shape index (κ2) is 4.26. The zero-order valence-corrected chi connectivity index (χ0v) is 8.92. The zero-order valence-electron chi connectivity index (χ0n) is 8.92. The number of aliphatic imine (C=N–C) groups is 1. The van der Waals surface area contributed by atoms with E-state index >= 15 is 0 Å². The second-order valence-corrected chi connectivity index (χ2v) is 4.31. The van der Waals surface area contributed by atoms with Crippen LogP contribution in [-0.2, 0) is 0 Å². The SMILES string of the molecule is CCCC1=NC2=C(CC1)C(O)CCC2. The highest BCUT2D eigenvalue weighted by Gasteiger charge is 2.23. The number of allylic oxidation sites excluding steroid dienone is 1. The molecule has 1 aliphatic carbocycles. The Morgan fingerprint density at radius 3 is 3.00 bits per heavy atom. The molecule has 0 saturated heterocycles. The highest BCUT2D eigenvalue weighted by molar-refractivity contribution is 5.86. The van der Waals surface area contributed by atoms with E-state index in [-0.39, 0.29) is 6.10 Å². The minimum Gasteiger partial charge on any atom is -0.389 e. The Bertz CT molecular complexity index is 278. The van der Waals surface area contributed by atoms with Crippen LogP contribution in [0.5, 0.6) is 0 Å². The number of aliphatic hydroxyl groups excluding tert-OH is 1. The van der Waals surface area contributed by atoms with Crippen molar-refractivity contribution in [2.24, 2.45) is 4.99 Å². The van der Waals surface area contributed by atoms with Crippen LogP contribution in [0.3, 0.4) is 0 Å². The van der Waals surface area contributed by atoms with Crippen molar-refractivity contribution in [3.05, 3.63) is 11.3 Å². The van der Waals surface area contributed by atoms with Gasteiger partial charge in [0.1, 0.15) is 0 Å². The molecule has 0 amide bonds. The van der Waals surface area contributed by atoms with E-state index in [1.807, 2.05) is 0 Å². The average molecular weight is 193 g/mol. The summed E-state index contributed by atoms with van der Waals surface area (Å²) in [4.78, 5) is 4.68. The summed E-state index contributed by atoms with van der Waals surface area (Å²) in [5.41, 5.74) is 3.79. The third kappa shape index (κ3) is 1.90. The number of rotatable bonds is 2. The molecule has 2 rings (SSSR count). The minimum absolute atomic E-state index is 0.189. The molecule has 0 aromatic heterocycles. The van der Waals surface area contributed by atoms with Gasteiger partial charge in [-0.3, -0.25) is 4.99 Å². The third-order valence-electron chi connectivity index (χ3n) is 3.18. The maximum atomic E-state index is 9.79. The fourth-order valence-corrected chi connectivity index (χ4v) is 2.42. The maximum Gasteiger partial charge on any atom is 0.0770 e. The van der Waals surface area contributed by atoms with E-state index in [4.69, 9.17) is 0 Å². The molecule has 1 unspecified atom stereocenters. The Labute approximate surface area is 85.7 Å². The van der Waals surface area contributed by atoms with Gasteiger partial charge < -0.3 is 5.11 Å². The summed E-state index contributed by atoms with van der Waals surface area (Å²) in [5, 5.41) is 9.79. The molecule has 0 bridgehead atoms. The highest BCUT2D eigenvalue weighted by Crippen LogP contribution is 2.32. The van der Waals surface area contributed by atoms with Gasteiger partial charge in [-0.25, -0.2) is 0 Å². The fraction of sp³-hybridized carbons (Fsp3) is 0.750. The predicted molar refractivity (Wildman–Crippen MR) is 58.5 cm³/mol. The topological polar surface area (TPSA) is 32.6 Å². The number of hydrogen-bond acceptors (Lipinski definition) is 2. The molecule has 1 aliphatic heterocycles. The average Bonchev–Trinajstić information content (AvgIpc) is 2.18. The molecule has 0 saturated carbocycles. The largest absolute Gasteiger partial charge is 0.389 e. The van der Waals surface area contributed by atoms with Crippen LogP contribution < -0.4 is 0 Å². The Hall–Kier alpha value is -0.630. The number of nitrogens with zero attached hydrogens (tertiary/aromatic N) is 1. The van der Waals surface area contributed by atoms with Crippen LogP contribution >= 0.6 is 0 Å². The first kappa shape index (κ1) is 9.91. The molecule has 2 aliphatic rings. The molecule has 78 valence electrons. The van der Waals surface area contributed by atoms with Gasteiger partial charge in [-0.15, -0.1) is 0 Å². The number of aliphatic hydroxyl groups is 1. The molecular formula is C12H19NO. The van der Waals surface area contributed by atoms with E-state index in [9.17, 15) is 5.11 Å². The molecule has 0 spiro atoms. The van der Waals surface area contributed by atoms with Crippen LogP contribution in [0.2, 0.25) is 0 Å². The molecule has 14 heavy (non-hydrogen) atoms. The van der Waals surface area contributed by atoms with E-state index in [0.717, 1.165) is 38.5 Å². The molecule has 2 nitrogen and oxygen atoms in total. The Morgan fingerprint density at radius 1 is 1.36 bits per heavy atom. The van der Waals surface area contributed by atoms with E-state index in [1.165, 1.54) is 23.4 Å². The summed E-state index contributed by atoms with van der Waals surface area (Å²) < 4.78 is 0. The number of hydrogen-bond donors (Lipinski definition) is 1. The Balaban J connectivity index is 2.17. The van der Waals surface area contributed by atoms with Crippen LogP contribution in [0.15, 0.2) is 16.3 Å². The monoisotopic (exact) mass is 193 g/mol. The van der Waals surface area contributed by atoms with Crippen LogP contribution in [-0.4, -0.2) is 16.9 Å². The van der Waals surface area contributed by atoms with Gasteiger partial charge in [-0.1, -0.05) is 13.3 Å². The maximum absolute atomic E-state index is 9.79. The van der Waals surface area contributed by atoms with Crippen LogP contribution in [0.1, 0.15) is 51.9 Å². The van der Waals surface area contributed by atoms with Crippen molar-refractivity contribution < 1.29 is 5.11 Å². The van der Waals surface area contributed by atoms with E-state index in [1.54, 1.807) is 0 Å². The molecule has 0 aromatic carbocycles. The first-order valence-corrected chi connectivity index (χ1v) is 5.77. The molecule has 0 fully saturated rings. The predicted octanol–water partition coefficient (Wildman–Crippen LogP) is 2.82. The second-order valence-electron chi connectivity index (χ2n) is 4.31. The summed E-state index contributed by atoms with van der Waals surface area (Å²) in [5.74, 6) is 0. The minimum atomic E-state index is -0.189. The first-order chi connectivity index (χ1) is 6.81. The van der Waals surface area contributed by atoms with Gasteiger partial charge >= 0.3 is 0 Å². The van der Waals surface area contributed by atoms with Gasteiger partial charge in [0.2, 0.25) is 0 Å². The van der Waals surface area contributed by atoms with Crippen molar-refractivity contribution in [2.75, 3.05) is 0 Å². The summed E-state index contributed by atoms with van der Waals surface area (Å²) in [7, 11) is 0. The van der Waals surface area contributed by atoms with E-state index in [2.05, 4.69) is 11.9 Å². The summed E-state index contributed by atoms with van der Waals surface area (Å²) in [6.45, 7) is 2.20. The summed E-state index contributed by atoms with van der Waals surface area (Å²) in [6.07, 6.45) is 7.38. The summed E-state index contributed by atoms with van der Waals surface area (Å²) in [6, 6.07) is 0. The van der Waals surface area contributed by atoms with Crippen molar-refractivity contribution in [1.82, 2.24) is 0 Å². The van der Waals surface area contributed by atoms with Crippen molar-refractivity contribution in [3.63, 3.8) is 0 Å². The molecule has 0 aromatic rings. The Kier molecular flexibility index (Phi) is 3.02. The first-order valence-electron chi connectivity index (χ1n) is 5.77. The normalized spacial score (nSPS) is 27.3. The zero-order chi connectivity index (χ0) is 9.97. The van der Waals surface area contributed by atoms with E-state index < -0.39 is 0 Å². The lowest BCUT2D eigenvalue weighted by Crippen LogP contribution is -2.21. The van der Waals surface area contributed by atoms with Gasteiger partial charge in [0, 0.05) is 11.4 Å². The van der Waals surface area contributed by atoms with Crippen LogP contribution in [0, 0.1) is 0 Å². The molecule has 0 radical (unpaired) electrons. The fourth-order valence-electron chi connectivity index (χ4n) is 2.42. The lowest BCUT2D eigenvalue weighted by Gasteiger charge is -2.27.